The van der Waals surface area contributed by atoms with Gasteiger partial charge in [-0.2, -0.15) is 0 Å². The Labute approximate surface area is 130 Å². The molecule has 0 spiro atoms. The summed E-state index contributed by atoms with van der Waals surface area (Å²) >= 11 is 1.69. The number of hydrogen-bond acceptors (Lipinski definition) is 2. The molecule has 1 aliphatic rings. The Balaban J connectivity index is 1.92. The highest BCUT2D eigenvalue weighted by Crippen LogP contribution is 2.41. The molecular formula is C18H19NOS. The maximum Gasteiger partial charge on any atom is 0.238 e. The van der Waals surface area contributed by atoms with Crippen molar-refractivity contribution in [1.82, 2.24) is 0 Å². The minimum Gasteiger partial charge on any atom is -0.295 e. The monoisotopic (exact) mass is 297 g/mol. The zero-order valence-electron chi connectivity index (χ0n) is 12.3. The third kappa shape index (κ3) is 2.84. The van der Waals surface area contributed by atoms with Crippen LogP contribution in [0.1, 0.15) is 36.3 Å². The second kappa shape index (κ2) is 5.94. The van der Waals surface area contributed by atoms with Crippen LogP contribution in [0.3, 0.4) is 0 Å². The van der Waals surface area contributed by atoms with E-state index in [2.05, 4.69) is 50.2 Å². The largest absolute Gasteiger partial charge is 0.295 e. The number of benzene rings is 2. The summed E-state index contributed by atoms with van der Waals surface area (Å²) in [6.07, 6.45) is 0. The van der Waals surface area contributed by atoms with Gasteiger partial charge in [0.2, 0.25) is 5.91 Å². The van der Waals surface area contributed by atoms with Crippen LogP contribution in [0.5, 0.6) is 0 Å². The number of rotatable bonds is 3. The first kappa shape index (κ1) is 14.2. The second-order valence-corrected chi connectivity index (χ2v) is 6.65. The van der Waals surface area contributed by atoms with Crippen LogP contribution in [0.25, 0.3) is 0 Å². The molecular weight excluding hydrogens is 278 g/mol. The van der Waals surface area contributed by atoms with E-state index >= 15 is 0 Å². The first-order valence-electron chi connectivity index (χ1n) is 7.25. The van der Waals surface area contributed by atoms with E-state index < -0.39 is 0 Å². The van der Waals surface area contributed by atoms with Gasteiger partial charge >= 0.3 is 0 Å². The van der Waals surface area contributed by atoms with E-state index in [1.54, 1.807) is 11.8 Å². The minimum atomic E-state index is 0.0867. The molecule has 21 heavy (non-hydrogen) atoms. The molecule has 0 bridgehead atoms. The van der Waals surface area contributed by atoms with Crippen molar-refractivity contribution in [3.05, 3.63) is 65.7 Å². The number of carbonyl (C=O) groups excluding carboxylic acids is 1. The first-order valence-corrected chi connectivity index (χ1v) is 8.30. The summed E-state index contributed by atoms with van der Waals surface area (Å²) in [5, 5.41) is 0.0867. The summed E-state index contributed by atoms with van der Waals surface area (Å²) in [4.78, 5) is 14.2. The van der Waals surface area contributed by atoms with E-state index in [1.807, 2.05) is 23.1 Å². The van der Waals surface area contributed by atoms with Crippen LogP contribution < -0.4 is 4.90 Å². The Kier molecular flexibility index (Phi) is 4.02. The van der Waals surface area contributed by atoms with Gasteiger partial charge in [0.1, 0.15) is 5.37 Å². The lowest BCUT2D eigenvalue weighted by Gasteiger charge is -2.24. The Morgan fingerprint density at radius 3 is 2.33 bits per heavy atom. The Bertz CT molecular complexity index is 621. The Hall–Kier alpha value is -1.74. The average molecular weight is 297 g/mol. The van der Waals surface area contributed by atoms with E-state index in [0.29, 0.717) is 11.7 Å². The van der Waals surface area contributed by atoms with Crippen LogP contribution in [0.15, 0.2) is 54.6 Å². The van der Waals surface area contributed by atoms with Crippen LogP contribution in [-0.4, -0.2) is 11.7 Å². The molecule has 0 aliphatic carbocycles. The van der Waals surface area contributed by atoms with Gasteiger partial charge in [0.25, 0.3) is 0 Å². The quantitative estimate of drug-likeness (QED) is 0.826. The predicted octanol–water partition coefficient (Wildman–Crippen LogP) is 4.59. The van der Waals surface area contributed by atoms with Gasteiger partial charge in [-0.1, -0.05) is 56.3 Å². The van der Waals surface area contributed by atoms with E-state index in [4.69, 9.17) is 0 Å². The summed E-state index contributed by atoms with van der Waals surface area (Å²) in [6.45, 7) is 4.36. The molecule has 1 aliphatic heterocycles. The van der Waals surface area contributed by atoms with Gasteiger partial charge < -0.3 is 0 Å². The van der Waals surface area contributed by atoms with Crippen LogP contribution in [-0.2, 0) is 4.79 Å². The van der Waals surface area contributed by atoms with Gasteiger partial charge in [0, 0.05) is 5.69 Å². The molecule has 108 valence electrons. The number of thioether (sulfide) groups is 1. The fourth-order valence-electron chi connectivity index (χ4n) is 2.59. The lowest BCUT2D eigenvalue weighted by Crippen LogP contribution is -2.27. The molecule has 0 N–H and O–H groups in total. The highest BCUT2D eigenvalue weighted by Gasteiger charge is 2.33. The third-order valence-corrected chi connectivity index (χ3v) is 5.00. The van der Waals surface area contributed by atoms with Gasteiger partial charge in [0.15, 0.2) is 0 Å². The smallest absolute Gasteiger partial charge is 0.238 e. The Morgan fingerprint density at radius 2 is 1.71 bits per heavy atom. The molecule has 1 fully saturated rings. The molecule has 0 radical (unpaired) electrons. The molecule has 1 amide bonds. The van der Waals surface area contributed by atoms with Crippen molar-refractivity contribution < 1.29 is 4.79 Å². The SMILES string of the molecule is CC(C)c1ccc(N2C(=O)CS[C@H]2c2ccccc2)cc1. The fourth-order valence-corrected chi connectivity index (χ4v) is 3.76. The molecule has 0 saturated carbocycles. The van der Waals surface area contributed by atoms with E-state index in [0.717, 1.165) is 5.69 Å². The van der Waals surface area contributed by atoms with E-state index in [-0.39, 0.29) is 11.3 Å². The summed E-state index contributed by atoms with van der Waals surface area (Å²) < 4.78 is 0. The van der Waals surface area contributed by atoms with E-state index in [1.165, 1.54) is 11.1 Å². The topological polar surface area (TPSA) is 20.3 Å². The summed E-state index contributed by atoms with van der Waals surface area (Å²) in [5.74, 6) is 1.24. The zero-order valence-corrected chi connectivity index (χ0v) is 13.1. The fraction of sp³-hybridized carbons (Fsp3) is 0.278. The molecule has 0 aromatic heterocycles. The van der Waals surface area contributed by atoms with Crippen LogP contribution in [0.2, 0.25) is 0 Å². The highest BCUT2D eigenvalue weighted by molar-refractivity contribution is 8.00. The van der Waals surface area contributed by atoms with Crippen LogP contribution in [0.4, 0.5) is 5.69 Å². The lowest BCUT2D eigenvalue weighted by molar-refractivity contribution is -0.115. The summed E-state index contributed by atoms with van der Waals surface area (Å²) in [7, 11) is 0. The predicted molar refractivity (Wildman–Crippen MR) is 89.7 cm³/mol. The van der Waals surface area contributed by atoms with Crippen molar-refractivity contribution in [3.63, 3.8) is 0 Å². The number of nitrogens with zero attached hydrogens (tertiary/aromatic N) is 1. The summed E-state index contributed by atoms with van der Waals surface area (Å²) in [6, 6.07) is 18.6. The number of carbonyl (C=O) groups is 1. The lowest BCUT2D eigenvalue weighted by atomic mass is 10.0. The standard InChI is InChI=1S/C18H19NOS/c1-13(2)14-8-10-16(11-9-14)19-17(20)12-21-18(19)15-6-4-3-5-7-15/h3-11,13,18H,12H2,1-2H3/t18-/m0/s1. The molecule has 3 heteroatoms. The van der Waals surface area contributed by atoms with Gasteiger partial charge in [-0.25, -0.2) is 0 Å². The average Bonchev–Trinajstić information content (AvgIpc) is 2.90. The molecule has 1 atom stereocenters. The van der Waals surface area contributed by atoms with Gasteiger partial charge in [-0.15, -0.1) is 11.8 Å². The van der Waals surface area contributed by atoms with Gasteiger partial charge in [0.05, 0.1) is 5.75 Å². The van der Waals surface area contributed by atoms with Crippen molar-refractivity contribution in [3.8, 4) is 0 Å². The minimum absolute atomic E-state index is 0.0867. The molecule has 1 heterocycles. The van der Waals surface area contributed by atoms with Crippen molar-refractivity contribution in [1.29, 1.82) is 0 Å². The molecule has 0 unspecified atom stereocenters. The molecule has 2 nitrogen and oxygen atoms in total. The molecule has 1 saturated heterocycles. The zero-order chi connectivity index (χ0) is 14.8. The van der Waals surface area contributed by atoms with Crippen LogP contribution in [0, 0.1) is 0 Å². The highest BCUT2D eigenvalue weighted by atomic mass is 32.2. The third-order valence-electron chi connectivity index (χ3n) is 3.79. The maximum atomic E-state index is 12.3. The van der Waals surface area contributed by atoms with Crippen LogP contribution >= 0.6 is 11.8 Å². The second-order valence-electron chi connectivity index (χ2n) is 5.58. The first-order chi connectivity index (χ1) is 10.2. The molecule has 3 rings (SSSR count). The molecule has 2 aromatic carbocycles. The maximum absolute atomic E-state index is 12.3. The molecule has 2 aromatic rings. The number of anilines is 1. The van der Waals surface area contributed by atoms with Crippen molar-refractivity contribution in [2.45, 2.75) is 25.1 Å². The summed E-state index contributed by atoms with van der Waals surface area (Å²) in [5.41, 5.74) is 3.47. The van der Waals surface area contributed by atoms with Gasteiger partial charge in [-0.3, -0.25) is 9.69 Å². The Morgan fingerprint density at radius 1 is 1.05 bits per heavy atom. The van der Waals surface area contributed by atoms with Crippen molar-refractivity contribution >= 4 is 23.4 Å². The normalized spacial score (nSPS) is 18.5. The van der Waals surface area contributed by atoms with Gasteiger partial charge in [-0.05, 0) is 29.2 Å². The van der Waals surface area contributed by atoms with Crippen molar-refractivity contribution in [2.75, 3.05) is 10.7 Å². The van der Waals surface area contributed by atoms with E-state index in [9.17, 15) is 4.79 Å². The number of hydrogen-bond donors (Lipinski definition) is 0. The number of amides is 1. The van der Waals surface area contributed by atoms with Crippen molar-refractivity contribution in [2.24, 2.45) is 0 Å².